The summed E-state index contributed by atoms with van der Waals surface area (Å²) >= 11 is 1.33. The molecule has 2 aromatic rings. The fourth-order valence-electron chi connectivity index (χ4n) is 3.19. The number of carbonyl (C=O) groups excluding carboxylic acids is 1. The molecular formula is C14H20N6OS. The van der Waals surface area contributed by atoms with Gasteiger partial charge in [-0.2, -0.15) is 5.10 Å². The third-order valence-electron chi connectivity index (χ3n) is 4.21. The molecule has 1 amide bonds. The molecule has 1 aliphatic heterocycles. The van der Waals surface area contributed by atoms with Crippen molar-refractivity contribution in [2.45, 2.75) is 32.7 Å². The van der Waals surface area contributed by atoms with Crippen molar-refractivity contribution >= 4 is 22.4 Å². The lowest BCUT2D eigenvalue weighted by Crippen LogP contribution is -2.33. The molecule has 1 fully saturated rings. The zero-order valence-corrected chi connectivity index (χ0v) is 13.9. The van der Waals surface area contributed by atoms with Gasteiger partial charge in [0.2, 0.25) is 11.0 Å². The lowest BCUT2D eigenvalue weighted by molar-refractivity contribution is -0.117. The highest BCUT2D eigenvalue weighted by molar-refractivity contribution is 7.13. The van der Waals surface area contributed by atoms with E-state index in [4.69, 9.17) is 0 Å². The van der Waals surface area contributed by atoms with Crippen LogP contribution in [0.2, 0.25) is 0 Å². The molecule has 0 aliphatic carbocycles. The standard InChI is InChI=1S/C14H20N6OS/c1-9-13(10(2)19(3)18-9)11-5-4-6-20(11)7-12(21)16-14-17-15-8-22-14/h8,11H,4-7H2,1-3H3,(H,16,17,21)/t11-/m1/s1. The number of rotatable bonds is 4. The summed E-state index contributed by atoms with van der Waals surface area (Å²) in [5.74, 6) is -0.0390. The minimum Gasteiger partial charge on any atom is -0.299 e. The van der Waals surface area contributed by atoms with Gasteiger partial charge < -0.3 is 0 Å². The fraction of sp³-hybridized carbons (Fsp3) is 0.571. The Balaban J connectivity index is 1.72. The van der Waals surface area contributed by atoms with Crippen LogP contribution in [0.4, 0.5) is 5.13 Å². The van der Waals surface area contributed by atoms with Crippen molar-refractivity contribution < 1.29 is 4.79 Å². The van der Waals surface area contributed by atoms with Gasteiger partial charge in [-0.1, -0.05) is 11.3 Å². The third kappa shape index (κ3) is 2.89. The van der Waals surface area contributed by atoms with E-state index < -0.39 is 0 Å². The molecule has 0 radical (unpaired) electrons. The lowest BCUT2D eigenvalue weighted by atomic mass is 10.0. The van der Waals surface area contributed by atoms with Crippen molar-refractivity contribution in [1.29, 1.82) is 0 Å². The first-order chi connectivity index (χ1) is 10.6. The van der Waals surface area contributed by atoms with Crippen LogP contribution in [0.25, 0.3) is 0 Å². The number of carbonyl (C=O) groups is 1. The minimum absolute atomic E-state index is 0.0390. The zero-order valence-electron chi connectivity index (χ0n) is 13.0. The molecule has 3 rings (SSSR count). The number of aromatic nitrogens is 4. The minimum atomic E-state index is -0.0390. The van der Waals surface area contributed by atoms with Gasteiger partial charge in [0.15, 0.2) is 0 Å². The van der Waals surface area contributed by atoms with Crippen molar-refractivity contribution in [2.24, 2.45) is 7.05 Å². The molecule has 118 valence electrons. The number of nitrogens with one attached hydrogen (secondary N) is 1. The molecule has 0 bridgehead atoms. The summed E-state index contributed by atoms with van der Waals surface area (Å²) in [4.78, 5) is 14.4. The van der Waals surface area contributed by atoms with E-state index in [1.807, 2.05) is 18.7 Å². The van der Waals surface area contributed by atoms with Crippen molar-refractivity contribution in [3.05, 3.63) is 22.5 Å². The van der Waals surface area contributed by atoms with Crippen LogP contribution >= 0.6 is 11.3 Å². The first kappa shape index (κ1) is 15.1. The van der Waals surface area contributed by atoms with Crippen LogP contribution < -0.4 is 5.32 Å². The number of likely N-dealkylation sites (tertiary alicyclic amines) is 1. The molecule has 22 heavy (non-hydrogen) atoms. The van der Waals surface area contributed by atoms with Gasteiger partial charge in [-0.3, -0.25) is 19.7 Å². The SMILES string of the molecule is Cc1nn(C)c(C)c1[C@H]1CCCN1CC(=O)Nc1nncs1. The maximum atomic E-state index is 12.2. The zero-order chi connectivity index (χ0) is 15.7. The molecule has 1 N–H and O–H groups in total. The summed E-state index contributed by atoms with van der Waals surface area (Å²) in [6.07, 6.45) is 2.17. The van der Waals surface area contributed by atoms with Crippen LogP contribution in [0, 0.1) is 13.8 Å². The Morgan fingerprint density at radius 2 is 2.32 bits per heavy atom. The number of nitrogens with zero attached hydrogens (tertiary/aromatic N) is 5. The Morgan fingerprint density at radius 1 is 1.50 bits per heavy atom. The Hall–Kier alpha value is -1.80. The highest BCUT2D eigenvalue weighted by Crippen LogP contribution is 2.35. The average molecular weight is 320 g/mol. The molecule has 0 saturated carbocycles. The topological polar surface area (TPSA) is 75.9 Å². The normalized spacial score (nSPS) is 18.8. The maximum absolute atomic E-state index is 12.2. The summed E-state index contributed by atoms with van der Waals surface area (Å²) in [5.41, 5.74) is 5.11. The Kier molecular flexibility index (Phi) is 4.21. The van der Waals surface area contributed by atoms with Gasteiger partial charge in [0.05, 0.1) is 12.2 Å². The highest BCUT2D eigenvalue weighted by atomic mass is 32.1. The quantitative estimate of drug-likeness (QED) is 0.927. The number of hydrogen-bond acceptors (Lipinski definition) is 6. The Morgan fingerprint density at radius 3 is 2.95 bits per heavy atom. The highest BCUT2D eigenvalue weighted by Gasteiger charge is 2.31. The van der Waals surface area contributed by atoms with Crippen molar-refractivity contribution in [1.82, 2.24) is 24.9 Å². The van der Waals surface area contributed by atoms with Gasteiger partial charge >= 0.3 is 0 Å². The van der Waals surface area contributed by atoms with Crippen molar-refractivity contribution in [3.8, 4) is 0 Å². The number of hydrogen-bond donors (Lipinski definition) is 1. The average Bonchev–Trinajstić information content (AvgIpc) is 3.15. The van der Waals surface area contributed by atoms with E-state index in [1.54, 1.807) is 5.51 Å². The second-order valence-corrected chi connectivity index (χ2v) is 6.46. The molecule has 0 aromatic carbocycles. The largest absolute Gasteiger partial charge is 0.299 e. The molecule has 1 atom stereocenters. The van der Waals surface area contributed by atoms with E-state index in [-0.39, 0.29) is 11.9 Å². The van der Waals surface area contributed by atoms with Crippen LogP contribution in [-0.4, -0.2) is 43.9 Å². The van der Waals surface area contributed by atoms with Gasteiger partial charge in [0.25, 0.3) is 0 Å². The van der Waals surface area contributed by atoms with Crippen LogP contribution in [0.15, 0.2) is 5.51 Å². The number of amides is 1. The van der Waals surface area contributed by atoms with Gasteiger partial charge in [-0.05, 0) is 33.2 Å². The summed E-state index contributed by atoms with van der Waals surface area (Å²) in [5, 5.41) is 15.4. The van der Waals surface area contributed by atoms with Gasteiger partial charge in [-0.15, -0.1) is 10.2 Å². The van der Waals surface area contributed by atoms with E-state index in [2.05, 4.69) is 32.4 Å². The van der Waals surface area contributed by atoms with E-state index in [1.165, 1.54) is 22.6 Å². The van der Waals surface area contributed by atoms with Crippen LogP contribution in [-0.2, 0) is 11.8 Å². The molecular weight excluding hydrogens is 300 g/mol. The molecule has 2 aromatic heterocycles. The second-order valence-electron chi connectivity index (χ2n) is 5.63. The molecule has 7 nitrogen and oxygen atoms in total. The van der Waals surface area contributed by atoms with Gasteiger partial charge in [0.1, 0.15) is 5.51 Å². The van der Waals surface area contributed by atoms with Gasteiger partial charge in [-0.25, -0.2) is 0 Å². The summed E-state index contributed by atoms with van der Waals surface area (Å²) < 4.78 is 1.92. The number of anilines is 1. The maximum Gasteiger partial charge on any atom is 0.240 e. The molecule has 1 aliphatic rings. The summed E-state index contributed by atoms with van der Waals surface area (Å²) in [7, 11) is 1.97. The third-order valence-corrected chi connectivity index (χ3v) is 4.82. The van der Waals surface area contributed by atoms with Crippen molar-refractivity contribution in [2.75, 3.05) is 18.4 Å². The molecule has 3 heterocycles. The summed E-state index contributed by atoms with van der Waals surface area (Å²) in [6.45, 7) is 5.44. The molecule has 1 saturated heterocycles. The monoisotopic (exact) mass is 320 g/mol. The molecule has 0 spiro atoms. The predicted octanol–water partition coefficient (Wildman–Crippen LogP) is 1.66. The van der Waals surface area contributed by atoms with Gasteiger partial charge in [0, 0.05) is 24.3 Å². The first-order valence-electron chi connectivity index (χ1n) is 7.36. The molecule has 8 heteroatoms. The van der Waals surface area contributed by atoms with E-state index in [9.17, 15) is 4.79 Å². The Bertz CT molecular complexity index is 665. The number of aryl methyl sites for hydroxylation is 2. The Labute approximate surface area is 133 Å². The summed E-state index contributed by atoms with van der Waals surface area (Å²) in [6, 6.07) is 0.272. The predicted molar refractivity (Wildman–Crippen MR) is 84.8 cm³/mol. The van der Waals surface area contributed by atoms with Crippen LogP contribution in [0.5, 0.6) is 0 Å². The van der Waals surface area contributed by atoms with E-state index in [0.29, 0.717) is 11.7 Å². The van der Waals surface area contributed by atoms with Crippen LogP contribution in [0.3, 0.4) is 0 Å². The van der Waals surface area contributed by atoms with Crippen LogP contribution in [0.1, 0.15) is 35.8 Å². The first-order valence-corrected chi connectivity index (χ1v) is 8.24. The second kappa shape index (κ2) is 6.13. The van der Waals surface area contributed by atoms with E-state index >= 15 is 0 Å². The fourth-order valence-corrected chi connectivity index (χ4v) is 3.65. The molecule has 0 unspecified atom stereocenters. The van der Waals surface area contributed by atoms with E-state index in [0.717, 1.165) is 25.1 Å². The smallest absolute Gasteiger partial charge is 0.240 e. The van der Waals surface area contributed by atoms with Crippen molar-refractivity contribution in [3.63, 3.8) is 0 Å². The lowest BCUT2D eigenvalue weighted by Gasteiger charge is -2.24.